The molecule has 8 heavy (non-hydrogen) atoms. The summed E-state index contributed by atoms with van der Waals surface area (Å²) in [6.07, 6.45) is 6.24. The van der Waals surface area contributed by atoms with Crippen LogP contribution in [0, 0.1) is 5.92 Å². The van der Waals surface area contributed by atoms with Crippen molar-refractivity contribution in [3.63, 3.8) is 0 Å². The molecule has 1 saturated carbocycles. The molecule has 0 radical (unpaired) electrons. The van der Waals surface area contributed by atoms with E-state index in [1.807, 2.05) is 6.08 Å². The Morgan fingerprint density at radius 1 is 1.62 bits per heavy atom. The minimum atomic E-state index is 0.910. The lowest BCUT2D eigenvalue weighted by molar-refractivity contribution is 0.791. The zero-order valence-corrected chi connectivity index (χ0v) is 4.98. The molecule has 0 bridgehead atoms. The maximum absolute atomic E-state index is 3.75. The second-order valence-corrected chi connectivity index (χ2v) is 2.63. The van der Waals surface area contributed by atoms with E-state index in [4.69, 9.17) is 0 Å². The van der Waals surface area contributed by atoms with Crippen molar-refractivity contribution in [2.45, 2.75) is 19.3 Å². The van der Waals surface area contributed by atoms with Gasteiger partial charge in [0.05, 0.1) is 0 Å². The Hall–Kier alpha value is -0.520. The molecule has 2 rings (SSSR count). The number of fused-ring (bicyclic) bond motifs is 1. The summed E-state index contributed by atoms with van der Waals surface area (Å²) in [5, 5.41) is 0. The van der Waals surface area contributed by atoms with Crippen molar-refractivity contribution >= 4 is 0 Å². The number of rotatable bonds is 1. The van der Waals surface area contributed by atoms with Gasteiger partial charge in [0.15, 0.2) is 0 Å². The maximum Gasteiger partial charge on any atom is 0.00538 e. The topological polar surface area (TPSA) is 0 Å². The van der Waals surface area contributed by atoms with E-state index in [0.29, 0.717) is 0 Å². The first kappa shape index (κ1) is 4.37. The van der Waals surface area contributed by atoms with Crippen LogP contribution in [-0.2, 0) is 0 Å². The molecule has 0 aromatic rings. The normalized spacial score (nSPS) is 32.8. The van der Waals surface area contributed by atoms with Crippen LogP contribution in [0.4, 0.5) is 0 Å². The average Bonchev–Trinajstić information content (AvgIpc) is 2.22. The van der Waals surface area contributed by atoms with Crippen LogP contribution in [0.25, 0.3) is 0 Å². The Morgan fingerprint density at radius 2 is 2.50 bits per heavy atom. The fourth-order valence-electron chi connectivity index (χ4n) is 1.76. The van der Waals surface area contributed by atoms with Crippen molar-refractivity contribution < 1.29 is 0 Å². The van der Waals surface area contributed by atoms with Gasteiger partial charge < -0.3 is 0 Å². The minimum Gasteiger partial charge on any atom is -0.0988 e. The lowest BCUT2D eigenvalue weighted by atomic mass is 10.2. The molecule has 1 unspecified atom stereocenters. The van der Waals surface area contributed by atoms with Gasteiger partial charge in [0.1, 0.15) is 0 Å². The molecular formula is C8H10. The van der Waals surface area contributed by atoms with Crippen LogP contribution in [0.2, 0.25) is 0 Å². The number of hydrogen-bond acceptors (Lipinski definition) is 0. The van der Waals surface area contributed by atoms with Gasteiger partial charge in [-0.1, -0.05) is 18.2 Å². The predicted octanol–water partition coefficient (Wildman–Crippen LogP) is 2.28. The smallest absolute Gasteiger partial charge is 0.00538 e. The summed E-state index contributed by atoms with van der Waals surface area (Å²) in [4.78, 5) is 0. The van der Waals surface area contributed by atoms with Crippen LogP contribution >= 0.6 is 0 Å². The SMILES string of the molecule is C=CC1=C2CCCC12. The van der Waals surface area contributed by atoms with Gasteiger partial charge in [0, 0.05) is 5.92 Å². The van der Waals surface area contributed by atoms with Crippen LogP contribution in [0.15, 0.2) is 23.8 Å². The van der Waals surface area contributed by atoms with E-state index in [2.05, 4.69) is 6.58 Å². The molecule has 0 heterocycles. The van der Waals surface area contributed by atoms with Crippen molar-refractivity contribution in [3.05, 3.63) is 23.8 Å². The van der Waals surface area contributed by atoms with Gasteiger partial charge in [-0.05, 0) is 24.8 Å². The summed E-state index contributed by atoms with van der Waals surface area (Å²) >= 11 is 0. The summed E-state index contributed by atoms with van der Waals surface area (Å²) in [7, 11) is 0. The zero-order chi connectivity index (χ0) is 5.56. The molecule has 0 aromatic heterocycles. The molecule has 1 atom stereocenters. The van der Waals surface area contributed by atoms with Crippen LogP contribution in [0.3, 0.4) is 0 Å². The third-order valence-electron chi connectivity index (χ3n) is 2.24. The first-order chi connectivity index (χ1) is 3.93. The molecule has 0 nitrogen and oxygen atoms in total. The van der Waals surface area contributed by atoms with E-state index >= 15 is 0 Å². The molecule has 0 aliphatic heterocycles. The Bertz CT molecular complexity index is 163. The molecule has 2 aliphatic carbocycles. The first-order valence-electron chi connectivity index (χ1n) is 3.29. The zero-order valence-electron chi connectivity index (χ0n) is 4.98. The van der Waals surface area contributed by atoms with Crippen molar-refractivity contribution in [1.82, 2.24) is 0 Å². The predicted molar refractivity (Wildman–Crippen MR) is 34.6 cm³/mol. The highest BCUT2D eigenvalue weighted by molar-refractivity contribution is 5.49. The lowest BCUT2D eigenvalue weighted by Crippen LogP contribution is -1.71. The molecule has 0 N–H and O–H groups in total. The second kappa shape index (κ2) is 1.25. The van der Waals surface area contributed by atoms with E-state index < -0.39 is 0 Å². The van der Waals surface area contributed by atoms with Gasteiger partial charge in [-0.2, -0.15) is 0 Å². The molecule has 2 aliphatic rings. The summed E-state index contributed by atoms with van der Waals surface area (Å²) in [5.74, 6) is 0.910. The average molecular weight is 106 g/mol. The summed E-state index contributed by atoms with van der Waals surface area (Å²) < 4.78 is 0. The van der Waals surface area contributed by atoms with E-state index in [1.54, 1.807) is 11.1 Å². The summed E-state index contributed by atoms with van der Waals surface area (Å²) in [6.45, 7) is 3.75. The number of hydrogen-bond donors (Lipinski definition) is 0. The van der Waals surface area contributed by atoms with Gasteiger partial charge in [-0.25, -0.2) is 0 Å². The lowest BCUT2D eigenvalue weighted by Gasteiger charge is -1.85. The van der Waals surface area contributed by atoms with E-state index in [1.165, 1.54) is 19.3 Å². The quantitative estimate of drug-likeness (QED) is 0.481. The first-order valence-corrected chi connectivity index (χ1v) is 3.29. The fraction of sp³-hybridized carbons (Fsp3) is 0.500. The molecule has 0 amide bonds. The van der Waals surface area contributed by atoms with Crippen molar-refractivity contribution in [1.29, 1.82) is 0 Å². The van der Waals surface area contributed by atoms with Crippen LogP contribution in [0.5, 0.6) is 0 Å². The molecule has 42 valence electrons. The second-order valence-electron chi connectivity index (χ2n) is 2.63. The Kier molecular flexibility index (Phi) is 0.682. The Morgan fingerprint density at radius 3 is 2.88 bits per heavy atom. The van der Waals surface area contributed by atoms with Gasteiger partial charge in [-0.15, -0.1) is 0 Å². The summed E-state index contributed by atoms with van der Waals surface area (Å²) in [5.41, 5.74) is 3.27. The van der Waals surface area contributed by atoms with Crippen molar-refractivity contribution in [3.8, 4) is 0 Å². The standard InChI is InChI=1S/C8H10/c1-2-6-7-4-3-5-8(6)7/h2,7H,1,3-5H2. The highest BCUT2D eigenvalue weighted by Gasteiger charge is 2.37. The third kappa shape index (κ3) is 0.360. The third-order valence-corrected chi connectivity index (χ3v) is 2.24. The van der Waals surface area contributed by atoms with Crippen LogP contribution in [0.1, 0.15) is 19.3 Å². The summed E-state index contributed by atoms with van der Waals surface area (Å²) in [6, 6.07) is 0. The van der Waals surface area contributed by atoms with Crippen molar-refractivity contribution in [2.24, 2.45) is 5.92 Å². The van der Waals surface area contributed by atoms with Gasteiger partial charge in [0.2, 0.25) is 0 Å². The van der Waals surface area contributed by atoms with Crippen molar-refractivity contribution in [2.75, 3.05) is 0 Å². The van der Waals surface area contributed by atoms with Gasteiger partial charge >= 0.3 is 0 Å². The maximum atomic E-state index is 3.75. The molecular weight excluding hydrogens is 96.1 g/mol. The Balaban J connectivity index is 2.21. The number of allylic oxidation sites excluding steroid dienone is 3. The molecule has 0 spiro atoms. The van der Waals surface area contributed by atoms with Gasteiger partial charge in [0.25, 0.3) is 0 Å². The molecule has 1 fully saturated rings. The van der Waals surface area contributed by atoms with Crippen LogP contribution < -0.4 is 0 Å². The monoisotopic (exact) mass is 106 g/mol. The highest BCUT2D eigenvalue weighted by Crippen LogP contribution is 2.51. The molecule has 0 aromatic carbocycles. The van der Waals surface area contributed by atoms with E-state index in [-0.39, 0.29) is 0 Å². The van der Waals surface area contributed by atoms with Gasteiger partial charge in [-0.3, -0.25) is 0 Å². The largest absolute Gasteiger partial charge is 0.0988 e. The Labute approximate surface area is 49.9 Å². The molecule has 0 heteroatoms. The minimum absolute atomic E-state index is 0.910. The fourth-order valence-corrected chi connectivity index (χ4v) is 1.76. The van der Waals surface area contributed by atoms with Crippen LogP contribution in [-0.4, -0.2) is 0 Å². The molecule has 0 saturated heterocycles. The highest BCUT2D eigenvalue weighted by atomic mass is 14.4. The van der Waals surface area contributed by atoms with E-state index in [9.17, 15) is 0 Å². The van der Waals surface area contributed by atoms with E-state index in [0.717, 1.165) is 5.92 Å².